The van der Waals surface area contributed by atoms with Crippen LogP contribution in [0.1, 0.15) is 54.2 Å². The van der Waals surface area contributed by atoms with E-state index in [1.165, 1.54) is 0 Å². The molecule has 0 radical (unpaired) electrons. The summed E-state index contributed by atoms with van der Waals surface area (Å²) in [5.41, 5.74) is 2.06. The van der Waals surface area contributed by atoms with E-state index in [4.69, 9.17) is 4.74 Å². The molecule has 168 valence electrons. The van der Waals surface area contributed by atoms with Gasteiger partial charge in [0.05, 0.1) is 11.7 Å². The van der Waals surface area contributed by atoms with E-state index >= 15 is 0 Å². The molecule has 2 unspecified atom stereocenters. The molecule has 32 heavy (non-hydrogen) atoms. The van der Waals surface area contributed by atoms with Crippen LogP contribution in [0.3, 0.4) is 0 Å². The molecule has 6 heteroatoms. The van der Waals surface area contributed by atoms with Gasteiger partial charge in [0.1, 0.15) is 5.75 Å². The molecule has 1 aliphatic heterocycles. The Kier molecular flexibility index (Phi) is 5.49. The molecule has 3 N–H and O–H groups in total. The molecule has 1 aliphatic carbocycles. The number of methoxy groups -OCH3 is 1. The van der Waals surface area contributed by atoms with Crippen LogP contribution < -0.4 is 0 Å². The Morgan fingerprint density at radius 2 is 1.88 bits per heavy atom. The van der Waals surface area contributed by atoms with Crippen LogP contribution in [-0.4, -0.2) is 45.9 Å². The van der Waals surface area contributed by atoms with Crippen LogP contribution in [0.15, 0.2) is 65.8 Å². The van der Waals surface area contributed by atoms with E-state index in [-0.39, 0.29) is 18.2 Å². The Morgan fingerprint density at radius 3 is 2.47 bits per heavy atom. The quantitative estimate of drug-likeness (QED) is 0.668. The van der Waals surface area contributed by atoms with Crippen LogP contribution in [0.25, 0.3) is 0 Å². The van der Waals surface area contributed by atoms with E-state index in [2.05, 4.69) is 0 Å². The van der Waals surface area contributed by atoms with Crippen molar-refractivity contribution >= 4 is 5.91 Å². The second kappa shape index (κ2) is 7.89. The van der Waals surface area contributed by atoms with Crippen molar-refractivity contribution in [3.63, 3.8) is 0 Å². The van der Waals surface area contributed by atoms with Crippen LogP contribution in [-0.2, 0) is 16.1 Å². The van der Waals surface area contributed by atoms with Crippen LogP contribution in [0.2, 0.25) is 0 Å². The fourth-order valence-corrected chi connectivity index (χ4v) is 4.60. The zero-order valence-electron chi connectivity index (χ0n) is 18.8. The zero-order valence-corrected chi connectivity index (χ0v) is 18.8. The second-order valence-corrected chi connectivity index (χ2v) is 8.99. The van der Waals surface area contributed by atoms with E-state index in [1.54, 1.807) is 62.3 Å². The summed E-state index contributed by atoms with van der Waals surface area (Å²) >= 11 is 0. The molecule has 4 rings (SSSR count). The van der Waals surface area contributed by atoms with Gasteiger partial charge < -0.3 is 20.1 Å². The first kappa shape index (κ1) is 22.3. The number of fused-ring (bicyclic) bond motifs is 1. The number of phenols is 1. The molecule has 2 aromatic carbocycles. The lowest BCUT2D eigenvalue weighted by molar-refractivity contribution is -0.0788. The number of aliphatic hydroxyl groups is 2. The highest BCUT2D eigenvalue weighted by atomic mass is 16.5. The molecular formula is C26H29NO5. The SMILES string of the molecule is COC1(c2ccc(O)cc2)c2ccc(C(C)(C)O)cc2C(=O)N1CC1=CCC(O)C=C1C. The van der Waals surface area contributed by atoms with E-state index in [1.807, 2.05) is 25.1 Å². The summed E-state index contributed by atoms with van der Waals surface area (Å²) < 4.78 is 6.12. The molecule has 0 fully saturated rings. The van der Waals surface area contributed by atoms with Gasteiger partial charge in [0.25, 0.3) is 5.91 Å². The highest BCUT2D eigenvalue weighted by molar-refractivity contribution is 6.01. The molecule has 1 heterocycles. The van der Waals surface area contributed by atoms with Gasteiger partial charge in [0.15, 0.2) is 5.72 Å². The van der Waals surface area contributed by atoms with E-state index < -0.39 is 17.4 Å². The van der Waals surface area contributed by atoms with Gasteiger partial charge in [-0.05, 0) is 62.1 Å². The molecule has 0 saturated heterocycles. The molecule has 1 amide bonds. The fourth-order valence-electron chi connectivity index (χ4n) is 4.60. The lowest BCUT2D eigenvalue weighted by Crippen LogP contribution is -2.47. The van der Waals surface area contributed by atoms with Gasteiger partial charge in [-0.1, -0.05) is 36.4 Å². The number of ether oxygens (including phenoxy) is 1. The first-order valence-electron chi connectivity index (χ1n) is 10.7. The lowest BCUT2D eigenvalue weighted by atomic mass is 9.89. The Balaban J connectivity index is 1.89. The van der Waals surface area contributed by atoms with Gasteiger partial charge >= 0.3 is 0 Å². The third-order valence-electron chi connectivity index (χ3n) is 6.38. The number of hydrogen-bond donors (Lipinski definition) is 3. The third kappa shape index (κ3) is 3.54. The summed E-state index contributed by atoms with van der Waals surface area (Å²) in [6, 6.07) is 12.0. The minimum Gasteiger partial charge on any atom is -0.508 e. The Labute approximate surface area is 188 Å². The standard InChI is InChI=1S/C26H29NO5/c1-16-13-21(29)9-5-17(16)15-27-24(30)22-14-19(25(2,3)31)8-12-23(22)26(27,32-4)18-6-10-20(28)11-7-18/h5-8,10-14,21,28-29,31H,9,15H2,1-4H3. The minimum absolute atomic E-state index is 0.122. The van der Waals surface area contributed by atoms with E-state index in [9.17, 15) is 20.1 Å². The predicted octanol–water partition coefficient (Wildman–Crippen LogP) is 3.56. The summed E-state index contributed by atoms with van der Waals surface area (Å²) in [6.45, 7) is 5.57. The lowest BCUT2D eigenvalue weighted by Gasteiger charge is -2.39. The number of carbonyl (C=O) groups excluding carboxylic acids is 1. The van der Waals surface area contributed by atoms with Gasteiger partial charge in [0, 0.05) is 30.3 Å². The predicted molar refractivity (Wildman–Crippen MR) is 121 cm³/mol. The van der Waals surface area contributed by atoms with Gasteiger partial charge in [-0.3, -0.25) is 9.69 Å². The normalized spacial score (nSPS) is 23.1. The number of benzene rings is 2. The summed E-state index contributed by atoms with van der Waals surface area (Å²) in [6.07, 6.45) is 3.72. The smallest absolute Gasteiger partial charge is 0.257 e. The molecule has 2 atom stereocenters. The van der Waals surface area contributed by atoms with Crippen LogP contribution >= 0.6 is 0 Å². The summed E-state index contributed by atoms with van der Waals surface area (Å²) in [7, 11) is 1.56. The molecule has 0 bridgehead atoms. The van der Waals surface area contributed by atoms with Crippen molar-refractivity contribution in [2.75, 3.05) is 13.7 Å². The number of aliphatic hydroxyl groups excluding tert-OH is 1. The van der Waals surface area contributed by atoms with Crippen molar-refractivity contribution in [3.8, 4) is 5.75 Å². The largest absolute Gasteiger partial charge is 0.508 e. The highest BCUT2D eigenvalue weighted by Gasteiger charge is 2.52. The maximum absolute atomic E-state index is 13.8. The van der Waals surface area contributed by atoms with Crippen molar-refractivity contribution in [1.29, 1.82) is 0 Å². The van der Waals surface area contributed by atoms with Gasteiger partial charge in [-0.2, -0.15) is 0 Å². The molecule has 0 spiro atoms. The van der Waals surface area contributed by atoms with Crippen LogP contribution in [0.5, 0.6) is 5.75 Å². The maximum atomic E-state index is 13.8. The van der Waals surface area contributed by atoms with Gasteiger partial charge in [0.2, 0.25) is 0 Å². The minimum atomic E-state index is -1.20. The fraction of sp³-hybridized carbons (Fsp3) is 0.346. The van der Waals surface area contributed by atoms with Gasteiger partial charge in [-0.15, -0.1) is 0 Å². The average Bonchev–Trinajstić information content (AvgIpc) is 2.98. The second-order valence-electron chi connectivity index (χ2n) is 8.99. The van der Waals surface area contributed by atoms with Crippen LogP contribution in [0.4, 0.5) is 0 Å². The van der Waals surface area contributed by atoms with Crippen molar-refractivity contribution in [2.45, 2.75) is 44.6 Å². The summed E-state index contributed by atoms with van der Waals surface area (Å²) in [5.74, 6) is -0.0860. The topological polar surface area (TPSA) is 90.2 Å². The number of hydrogen-bond acceptors (Lipinski definition) is 5. The highest BCUT2D eigenvalue weighted by Crippen LogP contribution is 2.46. The number of carbonyl (C=O) groups is 1. The Morgan fingerprint density at radius 1 is 1.19 bits per heavy atom. The first-order chi connectivity index (χ1) is 15.1. The van der Waals surface area contributed by atoms with Crippen molar-refractivity contribution < 1.29 is 24.9 Å². The molecular weight excluding hydrogens is 406 g/mol. The molecule has 0 aromatic heterocycles. The Hall–Kier alpha value is -2.93. The van der Waals surface area contributed by atoms with Crippen molar-refractivity contribution in [3.05, 3.63) is 88.0 Å². The van der Waals surface area contributed by atoms with Crippen molar-refractivity contribution in [1.82, 2.24) is 4.90 Å². The summed E-state index contributed by atoms with van der Waals surface area (Å²) in [4.78, 5) is 15.4. The number of phenolic OH excluding ortho intramolecular Hbond substituents is 1. The van der Waals surface area contributed by atoms with Crippen LogP contribution in [0, 0.1) is 0 Å². The van der Waals surface area contributed by atoms with Crippen molar-refractivity contribution in [2.24, 2.45) is 0 Å². The van der Waals surface area contributed by atoms with Gasteiger partial charge in [-0.25, -0.2) is 0 Å². The number of aromatic hydroxyl groups is 1. The average molecular weight is 436 g/mol. The molecule has 0 saturated carbocycles. The number of amides is 1. The number of rotatable bonds is 5. The first-order valence-corrected chi connectivity index (χ1v) is 10.7. The molecule has 2 aromatic rings. The molecule has 2 aliphatic rings. The zero-order chi connectivity index (χ0) is 23.3. The molecule has 6 nitrogen and oxygen atoms in total. The number of nitrogens with zero attached hydrogens (tertiary/aromatic N) is 1. The van der Waals surface area contributed by atoms with E-state index in [0.29, 0.717) is 28.7 Å². The third-order valence-corrected chi connectivity index (χ3v) is 6.38. The van der Waals surface area contributed by atoms with E-state index in [0.717, 1.165) is 11.1 Å². The maximum Gasteiger partial charge on any atom is 0.257 e. The summed E-state index contributed by atoms with van der Waals surface area (Å²) in [5, 5.41) is 30.3. The Bertz CT molecular complexity index is 1110. The monoisotopic (exact) mass is 435 g/mol.